The third kappa shape index (κ3) is 5.12. The van der Waals surface area contributed by atoms with Crippen molar-refractivity contribution in [3.63, 3.8) is 0 Å². The average molecular weight is 285 g/mol. The van der Waals surface area contributed by atoms with Gasteiger partial charge < -0.3 is 15.5 Å². The van der Waals surface area contributed by atoms with E-state index in [1.165, 1.54) is 0 Å². The van der Waals surface area contributed by atoms with E-state index < -0.39 is 17.8 Å². The van der Waals surface area contributed by atoms with Crippen LogP contribution in [0.5, 0.6) is 0 Å². The third-order valence-corrected chi connectivity index (χ3v) is 4.17. The summed E-state index contributed by atoms with van der Waals surface area (Å²) in [6, 6.07) is 0. The fraction of sp³-hybridized carbons (Fsp3) is 0.867. The zero-order chi connectivity index (χ0) is 15.2. The molecule has 0 aromatic carbocycles. The van der Waals surface area contributed by atoms with E-state index in [9.17, 15) is 14.7 Å². The molecule has 0 spiro atoms. The van der Waals surface area contributed by atoms with Gasteiger partial charge in [0.1, 0.15) is 0 Å². The van der Waals surface area contributed by atoms with E-state index >= 15 is 0 Å². The zero-order valence-corrected chi connectivity index (χ0v) is 12.5. The Hall–Kier alpha value is -1.10. The first-order chi connectivity index (χ1) is 9.37. The van der Waals surface area contributed by atoms with Crippen LogP contribution in [0.2, 0.25) is 0 Å². The van der Waals surface area contributed by atoms with Gasteiger partial charge in [-0.3, -0.25) is 9.59 Å². The number of hydrogen-bond acceptors (Lipinski definition) is 3. The third-order valence-electron chi connectivity index (χ3n) is 4.17. The van der Waals surface area contributed by atoms with Crippen molar-refractivity contribution in [3.8, 4) is 0 Å². The number of aliphatic hydroxyl groups is 1. The highest BCUT2D eigenvalue weighted by Crippen LogP contribution is 2.30. The van der Waals surface area contributed by atoms with Gasteiger partial charge in [-0.25, -0.2) is 0 Å². The summed E-state index contributed by atoms with van der Waals surface area (Å²) in [5, 5.41) is 21.0. The molecule has 0 radical (unpaired) electrons. The number of amides is 1. The number of carbonyl (C=O) groups excluding carboxylic acids is 1. The zero-order valence-electron chi connectivity index (χ0n) is 12.5. The monoisotopic (exact) mass is 285 g/mol. The Morgan fingerprint density at radius 2 is 1.80 bits per heavy atom. The molecule has 2 unspecified atom stereocenters. The van der Waals surface area contributed by atoms with Crippen LogP contribution in [0, 0.1) is 17.3 Å². The normalized spacial score (nSPS) is 23.4. The quantitative estimate of drug-likeness (QED) is 0.665. The number of hydrogen-bond donors (Lipinski definition) is 3. The molecule has 20 heavy (non-hydrogen) atoms. The molecule has 0 saturated heterocycles. The minimum absolute atomic E-state index is 0.0776. The second kappa shape index (κ2) is 7.62. The summed E-state index contributed by atoms with van der Waals surface area (Å²) < 4.78 is 0. The first kappa shape index (κ1) is 17.0. The first-order valence-electron chi connectivity index (χ1n) is 7.49. The second-order valence-electron chi connectivity index (χ2n) is 6.54. The smallest absolute Gasteiger partial charge is 0.307 e. The fourth-order valence-electron chi connectivity index (χ4n) is 2.84. The maximum Gasteiger partial charge on any atom is 0.307 e. The molecule has 0 bridgehead atoms. The van der Waals surface area contributed by atoms with E-state index in [-0.39, 0.29) is 17.9 Å². The van der Waals surface area contributed by atoms with Crippen molar-refractivity contribution in [2.75, 3.05) is 13.2 Å². The predicted octanol–water partition coefficient (Wildman–Crippen LogP) is 1.79. The Bertz CT molecular complexity index is 341. The summed E-state index contributed by atoms with van der Waals surface area (Å²) >= 11 is 0. The molecule has 1 fully saturated rings. The van der Waals surface area contributed by atoms with Crippen LogP contribution in [0.15, 0.2) is 0 Å². The number of nitrogens with one attached hydrogen (secondary N) is 1. The molecule has 116 valence electrons. The van der Waals surface area contributed by atoms with Crippen molar-refractivity contribution in [2.45, 2.75) is 52.4 Å². The Kier molecular flexibility index (Phi) is 6.46. The summed E-state index contributed by atoms with van der Waals surface area (Å²) in [6.45, 7) is 4.76. The molecule has 0 aromatic rings. The highest BCUT2D eigenvalue weighted by molar-refractivity contribution is 5.84. The van der Waals surface area contributed by atoms with Gasteiger partial charge in [0, 0.05) is 13.2 Å². The molecule has 1 amide bonds. The topological polar surface area (TPSA) is 86.6 Å². The SMILES string of the molecule is CC(C)(CCCO)CNC(=O)C1CCCCC1C(=O)O. The van der Waals surface area contributed by atoms with Gasteiger partial charge in [0.2, 0.25) is 5.91 Å². The van der Waals surface area contributed by atoms with E-state index in [4.69, 9.17) is 5.11 Å². The predicted molar refractivity (Wildman–Crippen MR) is 76.2 cm³/mol. The number of carboxylic acid groups (broad SMARTS) is 1. The van der Waals surface area contributed by atoms with E-state index in [2.05, 4.69) is 5.32 Å². The van der Waals surface area contributed by atoms with E-state index in [0.717, 1.165) is 19.3 Å². The lowest BCUT2D eigenvalue weighted by molar-refractivity contribution is -0.149. The maximum atomic E-state index is 12.2. The molecule has 0 heterocycles. The number of carbonyl (C=O) groups is 2. The van der Waals surface area contributed by atoms with Crippen LogP contribution >= 0.6 is 0 Å². The molecule has 0 aromatic heterocycles. The molecule has 5 nitrogen and oxygen atoms in total. The van der Waals surface area contributed by atoms with Gasteiger partial charge in [-0.05, 0) is 31.1 Å². The van der Waals surface area contributed by atoms with E-state index in [1.807, 2.05) is 13.8 Å². The molecule has 3 N–H and O–H groups in total. The lowest BCUT2D eigenvalue weighted by Gasteiger charge is -2.30. The van der Waals surface area contributed by atoms with Crippen molar-refractivity contribution in [1.29, 1.82) is 0 Å². The van der Waals surface area contributed by atoms with E-state index in [1.54, 1.807) is 0 Å². The molecule has 1 saturated carbocycles. The van der Waals surface area contributed by atoms with Gasteiger partial charge in [-0.1, -0.05) is 26.7 Å². The van der Waals surface area contributed by atoms with Gasteiger partial charge in [0.05, 0.1) is 11.8 Å². The summed E-state index contributed by atoms with van der Waals surface area (Å²) in [4.78, 5) is 23.4. The van der Waals surface area contributed by atoms with Crippen molar-refractivity contribution in [3.05, 3.63) is 0 Å². The molecular weight excluding hydrogens is 258 g/mol. The van der Waals surface area contributed by atoms with Crippen LogP contribution in [0.4, 0.5) is 0 Å². The second-order valence-corrected chi connectivity index (χ2v) is 6.54. The number of aliphatic carboxylic acids is 1. The van der Waals surface area contributed by atoms with Crippen LogP contribution in [-0.2, 0) is 9.59 Å². The molecule has 2 atom stereocenters. The highest BCUT2D eigenvalue weighted by atomic mass is 16.4. The van der Waals surface area contributed by atoms with Crippen molar-refractivity contribution in [2.24, 2.45) is 17.3 Å². The largest absolute Gasteiger partial charge is 0.481 e. The Balaban J connectivity index is 2.50. The molecule has 1 aliphatic carbocycles. The highest BCUT2D eigenvalue weighted by Gasteiger charge is 2.36. The minimum atomic E-state index is -0.857. The Morgan fingerprint density at radius 3 is 2.35 bits per heavy atom. The maximum absolute atomic E-state index is 12.2. The minimum Gasteiger partial charge on any atom is -0.481 e. The summed E-state index contributed by atoms with van der Waals surface area (Å²) in [5.74, 6) is -1.92. The molecule has 0 aliphatic heterocycles. The number of rotatable bonds is 7. The molecule has 1 aliphatic rings. The van der Waals surface area contributed by atoms with Crippen molar-refractivity contribution in [1.82, 2.24) is 5.32 Å². The summed E-state index contributed by atoms with van der Waals surface area (Å²) in [7, 11) is 0. The fourth-order valence-corrected chi connectivity index (χ4v) is 2.84. The van der Waals surface area contributed by atoms with Gasteiger partial charge >= 0.3 is 5.97 Å². The van der Waals surface area contributed by atoms with Gasteiger partial charge in [-0.15, -0.1) is 0 Å². The average Bonchev–Trinajstić information content (AvgIpc) is 2.42. The Labute approximate surface area is 120 Å². The number of carboxylic acids is 1. The lowest BCUT2D eigenvalue weighted by atomic mass is 9.78. The van der Waals surface area contributed by atoms with Crippen LogP contribution in [-0.4, -0.2) is 35.2 Å². The van der Waals surface area contributed by atoms with Crippen molar-refractivity contribution >= 4 is 11.9 Å². The number of aliphatic hydroxyl groups excluding tert-OH is 1. The van der Waals surface area contributed by atoms with Gasteiger partial charge in [0.25, 0.3) is 0 Å². The van der Waals surface area contributed by atoms with Crippen LogP contribution < -0.4 is 5.32 Å². The Morgan fingerprint density at radius 1 is 1.20 bits per heavy atom. The van der Waals surface area contributed by atoms with Crippen molar-refractivity contribution < 1.29 is 19.8 Å². The summed E-state index contributed by atoms with van der Waals surface area (Å²) in [6.07, 6.45) is 4.63. The van der Waals surface area contributed by atoms with Gasteiger partial charge in [-0.2, -0.15) is 0 Å². The van der Waals surface area contributed by atoms with Crippen LogP contribution in [0.1, 0.15) is 52.4 Å². The first-order valence-corrected chi connectivity index (χ1v) is 7.49. The summed E-state index contributed by atoms with van der Waals surface area (Å²) in [5.41, 5.74) is -0.0776. The van der Waals surface area contributed by atoms with Crippen LogP contribution in [0.25, 0.3) is 0 Å². The molecular formula is C15H27NO4. The lowest BCUT2D eigenvalue weighted by Crippen LogP contribution is -2.43. The standard InChI is InChI=1S/C15H27NO4/c1-15(2,8-5-9-17)10-16-13(18)11-6-3-4-7-12(11)14(19)20/h11-12,17H,3-10H2,1-2H3,(H,16,18)(H,19,20). The molecule has 1 rings (SSSR count). The van der Waals surface area contributed by atoms with Crippen LogP contribution in [0.3, 0.4) is 0 Å². The van der Waals surface area contributed by atoms with Gasteiger partial charge in [0.15, 0.2) is 0 Å². The van der Waals surface area contributed by atoms with E-state index in [0.29, 0.717) is 25.8 Å². The molecule has 5 heteroatoms.